The highest BCUT2D eigenvalue weighted by Gasteiger charge is 2.20. The minimum Gasteiger partial charge on any atom is -0.483 e. The number of ether oxygens (including phenoxy) is 1. The van der Waals surface area contributed by atoms with E-state index in [9.17, 15) is 4.79 Å². The van der Waals surface area contributed by atoms with Gasteiger partial charge in [-0.3, -0.25) is 9.69 Å². The summed E-state index contributed by atoms with van der Waals surface area (Å²) in [5, 5.41) is 0. The van der Waals surface area contributed by atoms with Gasteiger partial charge in [-0.15, -0.1) is 0 Å². The Morgan fingerprint density at radius 3 is 2.54 bits per heavy atom. The fourth-order valence-electron chi connectivity index (χ4n) is 2.51. The minimum atomic E-state index is -0.479. The zero-order valence-corrected chi connectivity index (χ0v) is 14.6. The molecule has 0 radical (unpaired) electrons. The maximum atomic E-state index is 11.0. The van der Waals surface area contributed by atoms with E-state index in [-0.39, 0.29) is 6.61 Å². The Balaban J connectivity index is 2.17. The van der Waals surface area contributed by atoms with E-state index in [0.29, 0.717) is 24.3 Å². The number of furan rings is 1. The van der Waals surface area contributed by atoms with Crippen molar-refractivity contribution in [2.75, 3.05) is 6.61 Å². The number of amides is 1. The first-order valence-corrected chi connectivity index (χ1v) is 8.22. The van der Waals surface area contributed by atoms with Crippen LogP contribution < -0.4 is 10.5 Å². The Morgan fingerprint density at radius 1 is 1.17 bits per heavy atom. The van der Waals surface area contributed by atoms with Crippen LogP contribution in [-0.4, -0.2) is 23.5 Å². The van der Waals surface area contributed by atoms with E-state index in [1.165, 1.54) is 0 Å². The number of rotatable bonds is 9. The number of nitrogens with zero attached hydrogens (tertiary/aromatic N) is 1. The lowest BCUT2D eigenvalue weighted by atomic mass is 10.0. The molecule has 2 aromatic rings. The summed E-state index contributed by atoms with van der Waals surface area (Å²) in [7, 11) is 0. The summed E-state index contributed by atoms with van der Waals surface area (Å²) < 4.78 is 11.1. The number of primary amides is 1. The second-order valence-electron chi connectivity index (χ2n) is 6.33. The molecule has 0 aliphatic carbocycles. The van der Waals surface area contributed by atoms with Crippen LogP contribution in [0, 0.1) is 5.92 Å². The average Bonchev–Trinajstić information content (AvgIpc) is 3.05. The van der Waals surface area contributed by atoms with Crippen LogP contribution in [0.2, 0.25) is 0 Å². The molecule has 1 atom stereocenters. The summed E-state index contributed by atoms with van der Waals surface area (Å²) >= 11 is 0. The predicted octanol–water partition coefficient (Wildman–Crippen LogP) is 3.19. The molecule has 0 bridgehead atoms. The smallest absolute Gasteiger partial charge is 0.255 e. The number of benzene rings is 1. The maximum absolute atomic E-state index is 11.0. The number of carbonyl (C=O) groups excluding carboxylic acids is 1. The minimum absolute atomic E-state index is 0.116. The quantitative estimate of drug-likeness (QED) is 0.766. The molecule has 2 rings (SSSR count). The number of nitrogens with two attached hydrogens (primary N) is 1. The summed E-state index contributed by atoms with van der Waals surface area (Å²) in [6, 6.07) is 12.0. The SMILES string of the molecule is CC(C)[C@@H](C)N(Cc1ccco1)Cc1ccccc1OCC(N)=O. The van der Waals surface area contributed by atoms with Crippen molar-refractivity contribution in [1.82, 2.24) is 4.90 Å². The van der Waals surface area contributed by atoms with Gasteiger partial charge in [0.2, 0.25) is 0 Å². The Hall–Kier alpha value is -2.27. The normalized spacial score (nSPS) is 12.5. The van der Waals surface area contributed by atoms with E-state index in [1.807, 2.05) is 36.4 Å². The third-order valence-corrected chi connectivity index (χ3v) is 4.20. The summed E-state index contributed by atoms with van der Waals surface area (Å²) in [6.07, 6.45) is 1.69. The first-order chi connectivity index (χ1) is 11.5. The maximum Gasteiger partial charge on any atom is 0.255 e. The molecule has 0 saturated heterocycles. The molecule has 130 valence electrons. The van der Waals surface area contributed by atoms with Crippen molar-refractivity contribution in [2.24, 2.45) is 11.7 Å². The Morgan fingerprint density at radius 2 is 1.92 bits per heavy atom. The Kier molecular flexibility index (Phi) is 6.44. The zero-order chi connectivity index (χ0) is 17.5. The van der Waals surface area contributed by atoms with Crippen molar-refractivity contribution in [2.45, 2.75) is 39.9 Å². The molecule has 0 aliphatic rings. The van der Waals surface area contributed by atoms with Gasteiger partial charge in [-0.05, 0) is 31.0 Å². The van der Waals surface area contributed by atoms with Crippen LogP contribution in [0.25, 0.3) is 0 Å². The molecule has 0 fully saturated rings. The van der Waals surface area contributed by atoms with Crippen LogP contribution in [0.15, 0.2) is 47.1 Å². The first-order valence-electron chi connectivity index (χ1n) is 8.22. The Bertz CT molecular complexity index is 638. The lowest BCUT2D eigenvalue weighted by molar-refractivity contribution is -0.119. The van der Waals surface area contributed by atoms with Crippen molar-refractivity contribution < 1.29 is 13.9 Å². The van der Waals surface area contributed by atoms with Crippen LogP contribution in [0.4, 0.5) is 0 Å². The van der Waals surface area contributed by atoms with Crippen molar-refractivity contribution in [3.63, 3.8) is 0 Å². The summed E-state index contributed by atoms with van der Waals surface area (Å²) in [5.74, 6) is 1.64. The second-order valence-corrected chi connectivity index (χ2v) is 6.33. The topological polar surface area (TPSA) is 68.7 Å². The van der Waals surface area contributed by atoms with Crippen LogP contribution in [0.5, 0.6) is 5.75 Å². The third-order valence-electron chi connectivity index (χ3n) is 4.20. The van der Waals surface area contributed by atoms with Crippen molar-refractivity contribution in [3.8, 4) is 5.75 Å². The van der Waals surface area contributed by atoms with Gasteiger partial charge in [-0.1, -0.05) is 32.0 Å². The van der Waals surface area contributed by atoms with Crippen molar-refractivity contribution >= 4 is 5.91 Å². The first kappa shape index (κ1) is 18.1. The van der Waals surface area contributed by atoms with Gasteiger partial charge < -0.3 is 14.9 Å². The van der Waals surface area contributed by atoms with Gasteiger partial charge >= 0.3 is 0 Å². The van der Waals surface area contributed by atoms with Crippen LogP contribution >= 0.6 is 0 Å². The molecular formula is C19H26N2O3. The highest BCUT2D eigenvalue weighted by molar-refractivity contribution is 5.75. The van der Waals surface area contributed by atoms with Gasteiger partial charge in [0.05, 0.1) is 12.8 Å². The van der Waals surface area contributed by atoms with E-state index in [1.54, 1.807) is 6.26 Å². The fraction of sp³-hybridized carbons (Fsp3) is 0.421. The van der Waals surface area contributed by atoms with Crippen molar-refractivity contribution in [3.05, 3.63) is 54.0 Å². The zero-order valence-electron chi connectivity index (χ0n) is 14.6. The lowest BCUT2D eigenvalue weighted by Crippen LogP contribution is -2.35. The van der Waals surface area contributed by atoms with E-state index < -0.39 is 5.91 Å². The third kappa shape index (κ3) is 5.13. The molecule has 24 heavy (non-hydrogen) atoms. The van der Waals surface area contributed by atoms with Gasteiger partial charge in [0, 0.05) is 18.2 Å². The van der Waals surface area contributed by atoms with Crippen LogP contribution in [0.3, 0.4) is 0 Å². The molecule has 1 aromatic heterocycles. The number of carbonyl (C=O) groups is 1. The summed E-state index contributed by atoms with van der Waals surface area (Å²) in [5.41, 5.74) is 6.21. The highest BCUT2D eigenvalue weighted by Crippen LogP contribution is 2.24. The van der Waals surface area contributed by atoms with Gasteiger partial charge in [0.15, 0.2) is 6.61 Å². The molecule has 0 aliphatic heterocycles. The number of hydrogen-bond donors (Lipinski definition) is 1. The monoisotopic (exact) mass is 330 g/mol. The predicted molar refractivity (Wildman–Crippen MR) is 93.4 cm³/mol. The summed E-state index contributed by atoms with van der Waals surface area (Å²) in [6.45, 7) is 7.92. The van der Waals surface area contributed by atoms with Gasteiger partial charge in [0.25, 0.3) is 5.91 Å². The standard InChI is InChI=1S/C19H26N2O3/c1-14(2)15(3)21(12-17-8-6-10-23-17)11-16-7-4-5-9-18(16)24-13-19(20)22/h4-10,14-15H,11-13H2,1-3H3,(H2,20,22)/t15-/m1/s1. The van der Waals surface area contributed by atoms with Gasteiger partial charge in [-0.25, -0.2) is 0 Å². The molecule has 0 spiro atoms. The average molecular weight is 330 g/mol. The van der Waals surface area contributed by atoms with E-state index in [0.717, 1.165) is 17.9 Å². The molecule has 0 unspecified atom stereocenters. The van der Waals surface area contributed by atoms with Crippen LogP contribution in [0.1, 0.15) is 32.1 Å². The van der Waals surface area contributed by atoms with Gasteiger partial charge in [-0.2, -0.15) is 0 Å². The Labute approximate surface area is 143 Å². The van der Waals surface area contributed by atoms with E-state index in [2.05, 4.69) is 25.7 Å². The second kappa shape index (κ2) is 8.55. The van der Waals surface area contributed by atoms with E-state index in [4.69, 9.17) is 14.9 Å². The summed E-state index contributed by atoms with van der Waals surface area (Å²) in [4.78, 5) is 13.3. The highest BCUT2D eigenvalue weighted by atomic mass is 16.5. The molecular weight excluding hydrogens is 304 g/mol. The molecule has 1 heterocycles. The van der Waals surface area contributed by atoms with Gasteiger partial charge in [0.1, 0.15) is 11.5 Å². The molecule has 2 N–H and O–H groups in total. The molecule has 1 aromatic carbocycles. The number of para-hydroxylation sites is 1. The molecule has 5 nitrogen and oxygen atoms in total. The largest absolute Gasteiger partial charge is 0.483 e. The van der Waals surface area contributed by atoms with E-state index >= 15 is 0 Å². The fourth-order valence-corrected chi connectivity index (χ4v) is 2.51. The van der Waals surface area contributed by atoms with Crippen molar-refractivity contribution in [1.29, 1.82) is 0 Å². The number of hydrogen-bond acceptors (Lipinski definition) is 4. The van der Waals surface area contributed by atoms with Crippen LogP contribution in [-0.2, 0) is 17.9 Å². The molecule has 0 saturated carbocycles. The molecule has 1 amide bonds. The lowest BCUT2D eigenvalue weighted by Gasteiger charge is -2.31. The molecule has 5 heteroatoms.